The summed E-state index contributed by atoms with van der Waals surface area (Å²) < 4.78 is 16.4. The van der Waals surface area contributed by atoms with Crippen LogP contribution in [0.5, 0.6) is 17.2 Å². The van der Waals surface area contributed by atoms with Crippen LogP contribution in [0.15, 0.2) is 42.5 Å². The van der Waals surface area contributed by atoms with Gasteiger partial charge in [0.2, 0.25) is 5.91 Å². The van der Waals surface area contributed by atoms with Gasteiger partial charge >= 0.3 is 0 Å². The number of hydrogen-bond acceptors (Lipinski definition) is 5. The standard InChI is InChI=1S/C21H26N2O5/c1-4-27-18-10-9-14(12-19(18)28-5-2)17(13-20(22)24)23-21(25)15-7-6-8-16(11-15)26-3/h6-12,17H,4-5,13H2,1-3H3,(H2,22,24)(H,23,25). The zero-order valence-corrected chi connectivity index (χ0v) is 16.4. The molecule has 0 saturated carbocycles. The molecule has 150 valence electrons. The number of nitrogens with one attached hydrogen (secondary N) is 1. The molecule has 0 aliphatic heterocycles. The van der Waals surface area contributed by atoms with Crippen LogP contribution in [-0.2, 0) is 4.79 Å². The molecule has 0 bridgehead atoms. The molecule has 0 fully saturated rings. The molecule has 1 unspecified atom stereocenters. The van der Waals surface area contributed by atoms with E-state index in [4.69, 9.17) is 19.9 Å². The van der Waals surface area contributed by atoms with Crippen molar-refractivity contribution in [1.29, 1.82) is 0 Å². The number of nitrogens with two attached hydrogens (primary N) is 1. The summed E-state index contributed by atoms with van der Waals surface area (Å²) in [6.07, 6.45) is -0.0464. The first-order chi connectivity index (χ1) is 13.5. The van der Waals surface area contributed by atoms with Crippen LogP contribution in [0, 0.1) is 0 Å². The lowest BCUT2D eigenvalue weighted by molar-refractivity contribution is -0.118. The first-order valence-electron chi connectivity index (χ1n) is 9.11. The molecule has 0 saturated heterocycles. The second kappa shape index (κ2) is 10.2. The molecule has 1 atom stereocenters. The Kier molecular flexibility index (Phi) is 7.68. The van der Waals surface area contributed by atoms with Crippen LogP contribution in [0.1, 0.15) is 42.2 Å². The number of methoxy groups -OCH3 is 1. The number of benzene rings is 2. The van der Waals surface area contributed by atoms with E-state index in [0.29, 0.717) is 41.6 Å². The van der Waals surface area contributed by atoms with Gasteiger partial charge in [0.25, 0.3) is 5.91 Å². The maximum absolute atomic E-state index is 12.7. The minimum absolute atomic E-state index is 0.0464. The van der Waals surface area contributed by atoms with E-state index in [2.05, 4.69) is 5.32 Å². The molecule has 2 aromatic rings. The van der Waals surface area contributed by atoms with Crippen LogP contribution >= 0.6 is 0 Å². The van der Waals surface area contributed by atoms with E-state index >= 15 is 0 Å². The minimum Gasteiger partial charge on any atom is -0.497 e. The molecule has 0 aliphatic rings. The van der Waals surface area contributed by atoms with Crippen molar-refractivity contribution in [3.8, 4) is 17.2 Å². The van der Waals surface area contributed by atoms with Gasteiger partial charge in [-0.15, -0.1) is 0 Å². The highest BCUT2D eigenvalue weighted by molar-refractivity contribution is 5.95. The molecule has 2 aromatic carbocycles. The molecule has 0 heterocycles. The third-order valence-corrected chi connectivity index (χ3v) is 4.01. The van der Waals surface area contributed by atoms with Gasteiger partial charge in [-0.25, -0.2) is 0 Å². The van der Waals surface area contributed by atoms with Gasteiger partial charge in [-0.3, -0.25) is 9.59 Å². The third-order valence-electron chi connectivity index (χ3n) is 4.01. The van der Waals surface area contributed by atoms with E-state index in [1.807, 2.05) is 13.8 Å². The first kappa shape index (κ1) is 21.1. The third kappa shape index (κ3) is 5.64. The van der Waals surface area contributed by atoms with Gasteiger partial charge in [0, 0.05) is 5.56 Å². The van der Waals surface area contributed by atoms with E-state index < -0.39 is 11.9 Å². The van der Waals surface area contributed by atoms with Crippen LogP contribution in [-0.4, -0.2) is 32.1 Å². The van der Waals surface area contributed by atoms with Gasteiger partial charge in [0.05, 0.1) is 32.8 Å². The Bertz CT molecular complexity index is 822. The smallest absolute Gasteiger partial charge is 0.251 e. The van der Waals surface area contributed by atoms with Crippen molar-refractivity contribution >= 4 is 11.8 Å². The summed E-state index contributed by atoms with van der Waals surface area (Å²) in [5.74, 6) is 0.857. The predicted octanol–water partition coefficient (Wildman–Crippen LogP) is 2.84. The Morgan fingerprint density at radius 2 is 1.75 bits per heavy atom. The fraction of sp³-hybridized carbons (Fsp3) is 0.333. The average Bonchev–Trinajstić information content (AvgIpc) is 2.68. The van der Waals surface area contributed by atoms with Crippen molar-refractivity contribution in [2.24, 2.45) is 5.73 Å². The second-order valence-electron chi connectivity index (χ2n) is 6.00. The van der Waals surface area contributed by atoms with Gasteiger partial charge in [-0.2, -0.15) is 0 Å². The fourth-order valence-corrected chi connectivity index (χ4v) is 2.74. The summed E-state index contributed by atoms with van der Waals surface area (Å²) in [6, 6.07) is 11.5. The fourth-order valence-electron chi connectivity index (χ4n) is 2.74. The van der Waals surface area contributed by atoms with Crippen molar-refractivity contribution in [2.75, 3.05) is 20.3 Å². The highest BCUT2D eigenvalue weighted by Crippen LogP contribution is 2.32. The summed E-state index contributed by atoms with van der Waals surface area (Å²) in [6.45, 7) is 4.71. The number of hydrogen-bond donors (Lipinski definition) is 2. The van der Waals surface area contributed by atoms with E-state index in [1.54, 1.807) is 42.5 Å². The maximum Gasteiger partial charge on any atom is 0.251 e. The zero-order chi connectivity index (χ0) is 20.5. The summed E-state index contributed by atoms with van der Waals surface area (Å²) in [7, 11) is 1.53. The van der Waals surface area contributed by atoms with Crippen molar-refractivity contribution in [3.05, 3.63) is 53.6 Å². The number of primary amides is 1. The first-order valence-corrected chi connectivity index (χ1v) is 9.11. The van der Waals surface area contributed by atoms with Crippen LogP contribution in [0.4, 0.5) is 0 Å². The lowest BCUT2D eigenvalue weighted by atomic mass is 10.0. The minimum atomic E-state index is -0.605. The average molecular weight is 386 g/mol. The molecule has 2 amide bonds. The van der Waals surface area contributed by atoms with E-state index in [1.165, 1.54) is 7.11 Å². The number of carbonyl (C=O) groups is 2. The molecule has 0 radical (unpaired) electrons. The molecule has 0 spiro atoms. The molecule has 0 aliphatic carbocycles. The summed E-state index contributed by atoms with van der Waals surface area (Å²) in [4.78, 5) is 24.3. The zero-order valence-electron chi connectivity index (χ0n) is 16.4. The number of ether oxygens (including phenoxy) is 3. The van der Waals surface area contributed by atoms with Gasteiger partial charge in [-0.05, 0) is 49.7 Å². The molecule has 0 aromatic heterocycles. The molecule has 7 nitrogen and oxygen atoms in total. The van der Waals surface area contributed by atoms with E-state index in [0.717, 1.165) is 0 Å². The Balaban J connectivity index is 2.30. The Hall–Kier alpha value is -3.22. The van der Waals surface area contributed by atoms with Crippen molar-refractivity contribution in [1.82, 2.24) is 5.32 Å². The summed E-state index contributed by atoms with van der Waals surface area (Å²) >= 11 is 0. The number of amides is 2. The van der Waals surface area contributed by atoms with Crippen LogP contribution < -0.4 is 25.3 Å². The highest BCUT2D eigenvalue weighted by Gasteiger charge is 2.20. The second-order valence-corrected chi connectivity index (χ2v) is 6.00. The highest BCUT2D eigenvalue weighted by atomic mass is 16.5. The van der Waals surface area contributed by atoms with Crippen LogP contribution in [0.25, 0.3) is 0 Å². The number of carbonyl (C=O) groups excluding carboxylic acids is 2. The molecule has 28 heavy (non-hydrogen) atoms. The lowest BCUT2D eigenvalue weighted by Gasteiger charge is -2.20. The monoisotopic (exact) mass is 386 g/mol. The lowest BCUT2D eigenvalue weighted by Crippen LogP contribution is -2.31. The largest absolute Gasteiger partial charge is 0.497 e. The normalized spacial score (nSPS) is 11.4. The molecule has 3 N–H and O–H groups in total. The van der Waals surface area contributed by atoms with Gasteiger partial charge in [0.1, 0.15) is 5.75 Å². The predicted molar refractivity (Wildman–Crippen MR) is 106 cm³/mol. The molecular formula is C21H26N2O5. The van der Waals surface area contributed by atoms with Crippen molar-refractivity contribution in [3.63, 3.8) is 0 Å². The van der Waals surface area contributed by atoms with Gasteiger partial charge in [0.15, 0.2) is 11.5 Å². The SMILES string of the molecule is CCOc1ccc(C(CC(N)=O)NC(=O)c2cccc(OC)c2)cc1OCC. The quantitative estimate of drug-likeness (QED) is 0.654. The van der Waals surface area contributed by atoms with E-state index in [-0.39, 0.29) is 12.3 Å². The molecule has 7 heteroatoms. The van der Waals surface area contributed by atoms with E-state index in [9.17, 15) is 9.59 Å². The topological polar surface area (TPSA) is 99.9 Å². The summed E-state index contributed by atoms with van der Waals surface area (Å²) in [5.41, 5.74) is 6.52. The van der Waals surface area contributed by atoms with Gasteiger partial charge in [-0.1, -0.05) is 12.1 Å². The van der Waals surface area contributed by atoms with Crippen LogP contribution in [0.3, 0.4) is 0 Å². The summed E-state index contributed by atoms with van der Waals surface area (Å²) in [5, 5.41) is 2.86. The number of rotatable bonds is 10. The Morgan fingerprint density at radius 1 is 1.04 bits per heavy atom. The Labute approximate surface area is 164 Å². The van der Waals surface area contributed by atoms with Gasteiger partial charge < -0.3 is 25.3 Å². The van der Waals surface area contributed by atoms with Crippen molar-refractivity contribution in [2.45, 2.75) is 26.3 Å². The maximum atomic E-state index is 12.7. The Morgan fingerprint density at radius 3 is 2.39 bits per heavy atom. The molecule has 2 rings (SSSR count). The molecular weight excluding hydrogens is 360 g/mol. The van der Waals surface area contributed by atoms with Crippen molar-refractivity contribution < 1.29 is 23.8 Å². The van der Waals surface area contributed by atoms with Crippen LogP contribution in [0.2, 0.25) is 0 Å².